The highest BCUT2D eigenvalue weighted by atomic mass is 32.1. The lowest BCUT2D eigenvalue weighted by atomic mass is 9.79. The zero-order chi connectivity index (χ0) is 14.4. The topological polar surface area (TPSA) is 3.24 Å². The number of nitrogens with zero attached hydrogens (tertiary/aromatic N) is 1. The molecule has 2 atom stereocenters. The van der Waals surface area contributed by atoms with E-state index in [1.165, 1.54) is 41.3 Å². The van der Waals surface area contributed by atoms with Gasteiger partial charge in [-0.3, -0.25) is 0 Å². The van der Waals surface area contributed by atoms with Crippen molar-refractivity contribution in [2.75, 3.05) is 20.6 Å². The summed E-state index contributed by atoms with van der Waals surface area (Å²) in [5.74, 6) is 1.77. The Kier molecular flexibility index (Phi) is 3.39. The fraction of sp³-hybridized carbons (Fsp3) is 0.474. The van der Waals surface area contributed by atoms with Gasteiger partial charge in [0.2, 0.25) is 0 Å². The average Bonchev–Trinajstić information content (AvgIpc) is 3.05. The van der Waals surface area contributed by atoms with Crippen molar-refractivity contribution in [1.82, 2.24) is 4.90 Å². The molecular formula is C19H23NS. The first-order valence-corrected chi connectivity index (χ1v) is 8.93. The van der Waals surface area contributed by atoms with Crippen LogP contribution in [0.3, 0.4) is 0 Å². The summed E-state index contributed by atoms with van der Waals surface area (Å²) in [5.41, 5.74) is 4.94. The first kappa shape index (κ1) is 13.5. The Morgan fingerprint density at radius 1 is 1.19 bits per heavy atom. The van der Waals surface area contributed by atoms with Gasteiger partial charge in [-0.05, 0) is 79.6 Å². The first-order chi connectivity index (χ1) is 10.2. The van der Waals surface area contributed by atoms with Gasteiger partial charge in [0.15, 0.2) is 0 Å². The smallest absolute Gasteiger partial charge is 0.0417 e. The van der Waals surface area contributed by atoms with Crippen LogP contribution in [-0.4, -0.2) is 25.5 Å². The second kappa shape index (κ2) is 5.26. The number of hydrogen-bond donors (Lipinski definition) is 0. The van der Waals surface area contributed by atoms with Crippen molar-refractivity contribution in [3.8, 4) is 0 Å². The summed E-state index contributed by atoms with van der Waals surface area (Å²) in [4.78, 5) is 2.34. The molecule has 4 rings (SSSR count). The summed E-state index contributed by atoms with van der Waals surface area (Å²) in [6.07, 6.45) is 5.59. The van der Waals surface area contributed by atoms with Crippen LogP contribution in [0.4, 0.5) is 0 Å². The van der Waals surface area contributed by atoms with E-state index < -0.39 is 0 Å². The van der Waals surface area contributed by atoms with E-state index in [2.05, 4.69) is 48.6 Å². The van der Waals surface area contributed by atoms with E-state index in [1.807, 2.05) is 11.3 Å². The minimum atomic E-state index is 0.811. The molecule has 1 heterocycles. The van der Waals surface area contributed by atoms with Gasteiger partial charge >= 0.3 is 0 Å². The average molecular weight is 297 g/mol. The maximum absolute atomic E-state index is 2.36. The van der Waals surface area contributed by atoms with Gasteiger partial charge in [-0.1, -0.05) is 23.8 Å². The molecule has 21 heavy (non-hydrogen) atoms. The Hall–Kier alpha value is -1.12. The zero-order valence-corrected chi connectivity index (χ0v) is 13.7. The maximum atomic E-state index is 2.36. The Morgan fingerprint density at radius 3 is 2.95 bits per heavy atom. The minimum absolute atomic E-state index is 0.811. The van der Waals surface area contributed by atoms with Crippen molar-refractivity contribution in [1.29, 1.82) is 0 Å². The fourth-order valence-electron chi connectivity index (χ4n) is 4.42. The van der Waals surface area contributed by atoms with Crippen LogP contribution in [0.15, 0.2) is 35.2 Å². The molecule has 0 aliphatic heterocycles. The van der Waals surface area contributed by atoms with E-state index in [-0.39, 0.29) is 0 Å². The summed E-state index contributed by atoms with van der Waals surface area (Å²) in [6.45, 7) is 1.13. The molecule has 2 heteroatoms. The highest BCUT2D eigenvalue weighted by Gasteiger charge is 2.35. The van der Waals surface area contributed by atoms with E-state index >= 15 is 0 Å². The molecule has 0 saturated heterocycles. The summed E-state index contributed by atoms with van der Waals surface area (Å²) in [6, 6.07) is 9.12. The van der Waals surface area contributed by atoms with Crippen molar-refractivity contribution in [3.05, 3.63) is 40.8 Å². The Morgan fingerprint density at radius 2 is 2.10 bits per heavy atom. The molecule has 1 saturated carbocycles. The van der Waals surface area contributed by atoms with Gasteiger partial charge in [-0.25, -0.2) is 0 Å². The van der Waals surface area contributed by atoms with Crippen LogP contribution in [0.25, 0.3) is 15.7 Å². The van der Waals surface area contributed by atoms with Gasteiger partial charge in [-0.2, -0.15) is 0 Å². The number of thiophene rings is 1. The zero-order valence-electron chi connectivity index (χ0n) is 12.9. The van der Waals surface area contributed by atoms with Gasteiger partial charge in [0.05, 0.1) is 0 Å². The summed E-state index contributed by atoms with van der Waals surface area (Å²) < 4.78 is 1.49. The molecule has 0 N–H and O–H groups in total. The van der Waals surface area contributed by atoms with Gasteiger partial charge in [0.25, 0.3) is 0 Å². The molecule has 110 valence electrons. The lowest BCUT2D eigenvalue weighted by Crippen LogP contribution is -2.21. The minimum Gasteiger partial charge on any atom is -0.305 e. The highest BCUT2D eigenvalue weighted by molar-refractivity contribution is 7.17. The third-order valence-corrected chi connectivity index (χ3v) is 6.11. The molecule has 0 spiro atoms. The van der Waals surface area contributed by atoms with Gasteiger partial charge < -0.3 is 4.90 Å². The molecular weight excluding hydrogens is 274 g/mol. The molecule has 2 aliphatic carbocycles. The Bertz CT molecular complexity index is 694. The van der Waals surface area contributed by atoms with Crippen LogP contribution in [0.1, 0.15) is 31.2 Å². The van der Waals surface area contributed by atoms with Crippen molar-refractivity contribution >= 4 is 27.0 Å². The predicted molar refractivity (Wildman–Crippen MR) is 92.7 cm³/mol. The lowest BCUT2D eigenvalue weighted by molar-refractivity contribution is 0.413. The quantitative estimate of drug-likeness (QED) is 0.767. The van der Waals surface area contributed by atoms with E-state index in [0.717, 1.165) is 18.4 Å². The molecule has 0 radical (unpaired) electrons. The monoisotopic (exact) mass is 297 g/mol. The van der Waals surface area contributed by atoms with Crippen LogP contribution in [0.2, 0.25) is 0 Å². The largest absolute Gasteiger partial charge is 0.305 e. The molecule has 1 nitrogen and oxygen atoms in total. The van der Waals surface area contributed by atoms with Gasteiger partial charge in [0, 0.05) is 11.2 Å². The molecule has 1 fully saturated rings. The fourth-order valence-corrected chi connectivity index (χ4v) is 5.34. The number of rotatable bonds is 3. The van der Waals surface area contributed by atoms with Crippen LogP contribution in [0, 0.1) is 11.8 Å². The van der Waals surface area contributed by atoms with E-state index in [4.69, 9.17) is 0 Å². The van der Waals surface area contributed by atoms with Crippen molar-refractivity contribution in [2.24, 2.45) is 11.8 Å². The highest BCUT2D eigenvalue weighted by Crippen LogP contribution is 2.50. The van der Waals surface area contributed by atoms with E-state index in [9.17, 15) is 0 Å². The molecule has 2 aromatic rings. The number of benzene rings is 1. The summed E-state index contributed by atoms with van der Waals surface area (Å²) in [7, 11) is 4.40. The van der Waals surface area contributed by atoms with E-state index in [0.29, 0.717) is 0 Å². The van der Waals surface area contributed by atoms with E-state index in [1.54, 1.807) is 11.1 Å². The molecule has 1 aromatic heterocycles. The van der Waals surface area contributed by atoms with Crippen molar-refractivity contribution < 1.29 is 0 Å². The Labute approximate surface area is 131 Å². The standard InChI is InChI=1S/C19H23NS/c1-20(2)12-16-11-13-6-7-15(10-13)18(16)17-5-3-4-14-8-9-21-19(14)17/h3-5,8-9,13,15H,6-7,10-12H2,1-2H3. The molecule has 0 amide bonds. The summed E-state index contributed by atoms with van der Waals surface area (Å²) in [5, 5.41) is 3.65. The van der Waals surface area contributed by atoms with Gasteiger partial charge in [0.1, 0.15) is 0 Å². The normalized spacial score (nSPS) is 25.3. The van der Waals surface area contributed by atoms with Gasteiger partial charge in [-0.15, -0.1) is 11.3 Å². The second-order valence-corrected chi connectivity index (χ2v) is 7.90. The molecule has 2 bridgehead atoms. The Balaban J connectivity index is 1.89. The molecule has 1 aromatic carbocycles. The van der Waals surface area contributed by atoms with Crippen LogP contribution in [-0.2, 0) is 0 Å². The van der Waals surface area contributed by atoms with Crippen LogP contribution in [0.5, 0.6) is 0 Å². The summed E-state index contributed by atoms with van der Waals surface area (Å²) >= 11 is 1.91. The van der Waals surface area contributed by atoms with Crippen LogP contribution >= 0.6 is 11.3 Å². The van der Waals surface area contributed by atoms with Crippen LogP contribution < -0.4 is 0 Å². The third kappa shape index (κ3) is 2.35. The number of fused-ring (bicyclic) bond motifs is 3. The first-order valence-electron chi connectivity index (χ1n) is 8.05. The second-order valence-electron chi connectivity index (χ2n) is 6.98. The number of hydrogen-bond acceptors (Lipinski definition) is 2. The third-order valence-electron chi connectivity index (χ3n) is 5.14. The van der Waals surface area contributed by atoms with Crippen molar-refractivity contribution in [3.63, 3.8) is 0 Å². The molecule has 2 unspecified atom stereocenters. The van der Waals surface area contributed by atoms with Crippen molar-refractivity contribution in [2.45, 2.75) is 25.7 Å². The number of allylic oxidation sites excluding steroid dienone is 1. The number of likely N-dealkylation sites (N-methyl/N-ethyl adjacent to an activating group) is 1. The maximum Gasteiger partial charge on any atom is 0.0417 e. The predicted octanol–water partition coefficient (Wildman–Crippen LogP) is 5.04. The SMILES string of the molecule is CN(C)CC1=C(c2cccc3ccsc23)C2CCC(C1)C2. The lowest BCUT2D eigenvalue weighted by Gasteiger charge is -2.29. The molecule has 2 aliphatic rings.